The van der Waals surface area contributed by atoms with Crippen molar-refractivity contribution in [1.82, 2.24) is 15.1 Å². The second-order valence-electron chi connectivity index (χ2n) is 4.08. The van der Waals surface area contributed by atoms with Crippen molar-refractivity contribution < 1.29 is 4.39 Å². The molecule has 96 valence electrons. The third-order valence-corrected chi connectivity index (χ3v) is 3.00. The van der Waals surface area contributed by atoms with Crippen LogP contribution in [0, 0.1) is 5.82 Å². The maximum absolute atomic E-state index is 13.2. The van der Waals surface area contributed by atoms with Crippen LogP contribution in [-0.2, 0) is 7.05 Å². The molecule has 1 aromatic heterocycles. The van der Waals surface area contributed by atoms with Crippen molar-refractivity contribution in [3.63, 3.8) is 0 Å². The van der Waals surface area contributed by atoms with Gasteiger partial charge in [-0.1, -0.05) is 24.6 Å². The Morgan fingerprint density at radius 3 is 2.78 bits per heavy atom. The standard InChI is InChI=1S/C13H15ClFN3/c1-3-16-13(12-6-7-18(2)17-12)9-4-5-11(15)10(14)8-9/h4-8,13,16H,3H2,1-2H3. The largest absolute Gasteiger partial charge is 0.305 e. The van der Waals surface area contributed by atoms with E-state index in [0.717, 1.165) is 17.8 Å². The van der Waals surface area contributed by atoms with Crippen LogP contribution in [0.2, 0.25) is 5.02 Å². The first-order chi connectivity index (χ1) is 8.61. The van der Waals surface area contributed by atoms with Crippen molar-refractivity contribution in [3.05, 3.63) is 52.6 Å². The summed E-state index contributed by atoms with van der Waals surface area (Å²) in [4.78, 5) is 0. The van der Waals surface area contributed by atoms with E-state index in [1.165, 1.54) is 6.07 Å². The van der Waals surface area contributed by atoms with Crippen LogP contribution in [0.3, 0.4) is 0 Å². The van der Waals surface area contributed by atoms with Gasteiger partial charge < -0.3 is 5.32 Å². The van der Waals surface area contributed by atoms with E-state index in [1.807, 2.05) is 26.2 Å². The summed E-state index contributed by atoms with van der Waals surface area (Å²) in [5, 5.41) is 7.82. The monoisotopic (exact) mass is 267 g/mol. The molecule has 1 N–H and O–H groups in total. The number of benzene rings is 1. The normalized spacial score (nSPS) is 12.7. The summed E-state index contributed by atoms with van der Waals surface area (Å²) in [5.41, 5.74) is 1.80. The summed E-state index contributed by atoms with van der Waals surface area (Å²) < 4.78 is 14.9. The van der Waals surface area contributed by atoms with Gasteiger partial charge in [-0.2, -0.15) is 5.10 Å². The number of aromatic nitrogens is 2. The first-order valence-electron chi connectivity index (χ1n) is 5.79. The lowest BCUT2D eigenvalue weighted by Crippen LogP contribution is -2.22. The molecule has 1 heterocycles. The van der Waals surface area contributed by atoms with Gasteiger partial charge in [0.25, 0.3) is 0 Å². The average molecular weight is 268 g/mol. The molecule has 0 aliphatic rings. The van der Waals surface area contributed by atoms with Crippen LogP contribution in [0.25, 0.3) is 0 Å². The van der Waals surface area contributed by atoms with Gasteiger partial charge in [0.05, 0.1) is 16.8 Å². The van der Waals surface area contributed by atoms with E-state index in [2.05, 4.69) is 10.4 Å². The van der Waals surface area contributed by atoms with Gasteiger partial charge in [0, 0.05) is 13.2 Å². The van der Waals surface area contributed by atoms with Crippen molar-refractivity contribution >= 4 is 11.6 Å². The Bertz CT molecular complexity index is 539. The van der Waals surface area contributed by atoms with Gasteiger partial charge in [0.15, 0.2) is 0 Å². The van der Waals surface area contributed by atoms with E-state index in [9.17, 15) is 4.39 Å². The van der Waals surface area contributed by atoms with Crippen LogP contribution >= 0.6 is 11.6 Å². The van der Waals surface area contributed by atoms with E-state index in [0.29, 0.717) is 0 Å². The number of halogens is 2. The lowest BCUT2D eigenvalue weighted by atomic mass is 10.0. The summed E-state index contributed by atoms with van der Waals surface area (Å²) in [7, 11) is 1.87. The molecule has 0 aliphatic heterocycles. The van der Waals surface area contributed by atoms with Crippen LogP contribution in [0.4, 0.5) is 4.39 Å². The van der Waals surface area contributed by atoms with Gasteiger partial charge in [0.1, 0.15) is 5.82 Å². The summed E-state index contributed by atoms with van der Waals surface area (Å²) in [5.74, 6) is -0.406. The van der Waals surface area contributed by atoms with Crippen LogP contribution in [0.1, 0.15) is 24.2 Å². The summed E-state index contributed by atoms with van der Waals surface area (Å²) in [6, 6.07) is 6.60. The molecular weight excluding hydrogens is 253 g/mol. The van der Waals surface area contributed by atoms with Gasteiger partial charge in [-0.15, -0.1) is 0 Å². The highest BCUT2D eigenvalue weighted by atomic mass is 35.5. The molecule has 3 nitrogen and oxygen atoms in total. The van der Waals surface area contributed by atoms with Gasteiger partial charge in [-0.25, -0.2) is 4.39 Å². The molecule has 1 atom stereocenters. The van der Waals surface area contributed by atoms with E-state index in [4.69, 9.17) is 11.6 Å². The first kappa shape index (κ1) is 13.1. The molecule has 2 aromatic rings. The Morgan fingerprint density at radius 2 is 2.22 bits per heavy atom. The highest BCUT2D eigenvalue weighted by molar-refractivity contribution is 6.30. The molecule has 5 heteroatoms. The minimum atomic E-state index is -0.406. The second kappa shape index (κ2) is 5.50. The molecule has 0 saturated carbocycles. The maximum Gasteiger partial charge on any atom is 0.141 e. The minimum absolute atomic E-state index is 0.0747. The topological polar surface area (TPSA) is 29.9 Å². The third-order valence-electron chi connectivity index (χ3n) is 2.72. The molecule has 1 unspecified atom stereocenters. The third kappa shape index (κ3) is 2.71. The summed E-state index contributed by atoms with van der Waals surface area (Å²) in [6.45, 7) is 2.80. The number of nitrogens with zero attached hydrogens (tertiary/aromatic N) is 2. The highest BCUT2D eigenvalue weighted by Gasteiger charge is 2.16. The molecule has 0 saturated heterocycles. The number of hydrogen-bond acceptors (Lipinski definition) is 2. The van der Waals surface area contributed by atoms with Crippen LogP contribution < -0.4 is 5.32 Å². The number of rotatable bonds is 4. The molecule has 18 heavy (non-hydrogen) atoms. The average Bonchev–Trinajstić information content (AvgIpc) is 2.76. The van der Waals surface area contributed by atoms with Gasteiger partial charge in [0.2, 0.25) is 0 Å². The van der Waals surface area contributed by atoms with Crippen molar-refractivity contribution in [3.8, 4) is 0 Å². The lowest BCUT2D eigenvalue weighted by Gasteiger charge is -2.16. The molecule has 0 radical (unpaired) electrons. The molecule has 0 spiro atoms. The summed E-state index contributed by atoms with van der Waals surface area (Å²) >= 11 is 5.82. The molecule has 0 aliphatic carbocycles. The van der Waals surface area contributed by atoms with Crippen LogP contribution in [0.5, 0.6) is 0 Å². The fraction of sp³-hybridized carbons (Fsp3) is 0.308. The first-order valence-corrected chi connectivity index (χ1v) is 6.17. The van der Waals surface area contributed by atoms with E-state index in [-0.39, 0.29) is 11.1 Å². The predicted molar refractivity (Wildman–Crippen MR) is 70.1 cm³/mol. The summed E-state index contributed by atoms with van der Waals surface area (Å²) in [6.07, 6.45) is 1.88. The SMILES string of the molecule is CCNC(c1ccc(F)c(Cl)c1)c1ccn(C)n1. The van der Waals surface area contributed by atoms with Crippen molar-refractivity contribution in [2.75, 3.05) is 6.54 Å². The Kier molecular flexibility index (Phi) is 3.99. The van der Waals surface area contributed by atoms with Crippen molar-refractivity contribution in [2.24, 2.45) is 7.05 Å². The molecular formula is C13H15ClFN3. The zero-order chi connectivity index (χ0) is 13.1. The predicted octanol–water partition coefficient (Wildman–Crippen LogP) is 2.91. The van der Waals surface area contributed by atoms with E-state index < -0.39 is 5.82 Å². The molecule has 2 rings (SSSR count). The zero-order valence-electron chi connectivity index (χ0n) is 10.3. The Balaban J connectivity index is 2.37. The van der Waals surface area contributed by atoms with Gasteiger partial charge in [-0.3, -0.25) is 4.68 Å². The van der Waals surface area contributed by atoms with Gasteiger partial charge in [-0.05, 0) is 30.3 Å². The van der Waals surface area contributed by atoms with E-state index in [1.54, 1.807) is 16.8 Å². The molecule has 0 fully saturated rings. The van der Waals surface area contributed by atoms with Crippen molar-refractivity contribution in [2.45, 2.75) is 13.0 Å². The highest BCUT2D eigenvalue weighted by Crippen LogP contribution is 2.24. The molecule has 1 aromatic carbocycles. The number of aryl methyl sites for hydroxylation is 1. The molecule has 0 bridgehead atoms. The Labute approximate surface area is 111 Å². The maximum atomic E-state index is 13.2. The lowest BCUT2D eigenvalue weighted by molar-refractivity contribution is 0.594. The minimum Gasteiger partial charge on any atom is -0.305 e. The Morgan fingerprint density at radius 1 is 1.44 bits per heavy atom. The number of hydrogen-bond donors (Lipinski definition) is 1. The number of nitrogens with one attached hydrogen (secondary N) is 1. The second-order valence-corrected chi connectivity index (χ2v) is 4.49. The molecule has 0 amide bonds. The fourth-order valence-corrected chi connectivity index (χ4v) is 2.07. The Hall–Kier alpha value is -1.39. The quantitative estimate of drug-likeness (QED) is 0.923. The van der Waals surface area contributed by atoms with Gasteiger partial charge >= 0.3 is 0 Å². The fourth-order valence-electron chi connectivity index (χ4n) is 1.88. The zero-order valence-corrected chi connectivity index (χ0v) is 11.1. The van der Waals surface area contributed by atoms with Crippen LogP contribution in [-0.4, -0.2) is 16.3 Å². The van der Waals surface area contributed by atoms with Crippen molar-refractivity contribution in [1.29, 1.82) is 0 Å². The smallest absolute Gasteiger partial charge is 0.141 e. The van der Waals surface area contributed by atoms with E-state index >= 15 is 0 Å². The van der Waals surface area contributed by atoms with Crippen LogP contribution in [0.15, 0.2) is 30.5 Å².